The number of nitrogens with zero attached hydrogens (tertiary/aromatic N) is 4. The SMILES string of the molecule is CCc1cc(-c2ccc(NS(=O)(=O)c3ccccc3Cl)nc2C)cc2cnc(N[C@H]3CC[C@H](N(C)C)C[C@@H]3F)nc12. The van der Waals surface area contributed by atoms with E-state index in [9.17, 15) is 12.8 Å². The van der Waals surface area contributed by atoms with Crippen molar-refractivity contribution in [2.24, 2.45) is 0 Å². The zero-order chi connectivity index (χ0) is 29.3. The summed E-state index contributed by atoms with van der Waals surface area (Å²) in [5.41, 5.74) is 4.30. The van der Waals surface area contributed by atoms with E-state index in [0.29, 0.717) is 18.1 Å². The lowest BCUT2D eigenvalue weighted by Gasteiger charge is -2.35. The van der Waals surface area contributed by atoms with Gasteiger partial charge in [-0.15, -0.1) is 0 Å². The third-order valence-electron chi connectivity index (χ3n) is 7.69. The molecule has 3 atom stereocenters. The van der Waals surface area contributed by atoms with Crippen LogP contribution in [0, 0.1) is 6.92 Å². The topological polar surface area (TPSA) is 100 Å². The molecule has 0 aliphatic heterocycles. The summed E-state index contributed by atoms with van der Waals surface area (Å²) >= 11 is 6.10. The highest BCUT2D eigenvalue weighted by Gasteiger charge is 2.32. The largest absolute Gasteiger partial charge is 0.349 e. The van der Waals surface area contributed by atoms with Crippen molar-refractivity contribution in [3.8, 4) is 11.1 Å². The number of benzene rings is 2. The quantitative estimate of drug-likeness (QED) is 0.248. The van der Waals surface area contributed by atoms with Gasteiger partial charge >= 0.3 is 0 Å². The van der Waals surface area contributed by atoms with Gasteiger partial charge in [0.25, 0.3) is 10.0 Å². The highest BCUT2D eigenvalue weighted by atomic mass is 35.5. The second-order valence-electron chi connectivity index (χ2n) is 10.7. The van der Waals surface area contributed by atoms with Crippen LogP contribution in [0.2, 0.25) is 5.02 Å². The number of aryl methyl sites for hydroxylation is 2. The molecule has 2 heterocycles. The van der Waals surface area contributed by atoms with Crippen LogP contribution < -0.4 is 10.0 Å². The monoisotopic (exact) mass is 596 g/mol. The summed E-state index contributed by atoms with van der Waals surface area (Å²) in [5.74, 6) is 0.636. The first kappa shape index (κ1) is 29.2. The van der Waals surface area contributed by atoms with E-state index in [0.717, 1.165) is 46.9 Å². The maximum absolute atomic E-state index is 14.9. The third kappa shape index (κ3) is 6.29. The fourth-order valence-corrected chi connectivity index (χ4v) is 6.91. The first-order chi connectivity index (χ1) is 19.6. The minimum Gasteiger partial charge on any atom is -0.349 e. The molecule has 0 bridgehead atoms. The normalized spacial score (nSPS) is 19.4. The van der Waals surface area contributed by atoms with Gasteiger partial charge in [0.05, 0.1) is 16.6 Å². The molecule has 0 saturated heterocycles. The van der Waals surface area contributed by atoms with Crippen LogP contribution in [0.25, 0.3) is 22.0 Å². The lowest BCUT2D eigenvalue weighted by atomic mass is 9.89. The molecule has 11 heteroatoms. The Morgan fingerprint density at radius 2 is 1.88 bits per heavy atom. The minimum absolute atomic E-state index is 0.00977. The molecular formula is C30H34ClFN6O2S. The van der Waals surface area contributed by atoms with Gasteiger partial charge in [0, 0.05) is 28.9 Å². The molecule has 0 unspecified atom stereocenters. The van der Waals surface area contributed by atoms with Crippen molar-refractivity contribution in [3.63, 3.8) is 0 Å². The van der Waals surface area contributed by atoms with Crippen LogP contribution in [0.15, 0.2) is 59.6 Å². The lowest BCUT2D eigenvalue weighted by Crippen LogP contribution is -2.43. The molecular weight excluding hydrogens is 563 g/mol. The number of nitrogens with one attached hydrogen (secondary N) is 2. The molecule has 4 aromatic rings. The summed E-state index contributed by atoms with van der Waals surface area (Å²) in [6, 6.07) is 13.7. The van der Waals surface area contributed by atoms with Crippen molar-refractivity contribution in [3.05, 3.63) is 71.0 Å². The predicted molar refractivity (Wildman–Crippen MR) is 163 cm³/mol. The molecule has 216 valence electrons. The Morgan fingerprint density at radius 1 is 1.10 bits per heavy atom. The summed E-state index contributed by atoms with van der Waals surface area (Å²) in [6.45, 7) is 3.89. The summed E-state index contributed by atoms with van der Waals surface area (Å²) < 4.78 is 43.1. The molecule has 1 aliphatic carbocycles. The van der Waals surface area contributed by atoms with Crippen LogP contribution >= 0.6 is 11.6 Å². The van der Waals surface area contributed by atoms with E-state index in [4.69, 9.17) is 16.6 Å². The summed E-state index contributed by atoms with van der Waals surface area (Å²) in [6.07, 6.45) is 3.69. The number of hydrogen-bond donors (Lipinski definition) is 2. The molecule has 8 nitrogen and oxygen atoms in total. The number of alkyl halides is 1. The minimum atomic E-state index is -3.90. The Bertz CT molecular complexity index is 1680. The van der Waals surface area contributed by atoms with E-state index in [1.54, 1.807) is 24.4 Å². The highest BCUT2D eigenvalue weighted by molar-refractivity contribution is 7.92. The van der Waals surface area contributed by atoms with Crippen LogP contribution in [-0.4, -0.2) is 60.6 Å². The third-order valence-corrected chi connectivity index (χ3v) is 9.55. The van der Waals surface area contributed by atoms with Crippen molar-refractivity contribution >= 4 is 44.3 Å². The summed E-state index contributed by atoms with van der Waals surface area (Å²) in [4.78, 5) is 15.9. The first-order valence-electron chi connectivity index (χ1n) is 13.7. The van der Waals surface area contributed by atoms with Gasteiger partial charge in [-0.25, -0.2) is 27.8 Å². The standard InChI is InChI=1S/C30H34ClFN6O2S/c1-5-19-14-20(23-11-13-28(34-18(23)2)37-41(39,40)27-9-7-6-8-24(27)31)15-21-17-33-30(36-29(19)21)35-26-12-10-22(38(3)4)16-25(26)32/h6-9,11,13-15,17,22,25-26H,5,10,12,16H2,1-4H3,(H,34,37)(H,33,35,36)/t22-,25-,26-/m0/s1. The van der Waals surface area contributed by atoms with Gasteiger partial charge in [-0.1, -0.05) is 30.7 Å². The maximum atomic E-state index is 14.9. The number of sulfonamides is 1. The fraction of sp³-hybridized carbons (Fsp3) is 0.367. The molecule has 1 fully saturated rings. The molecule has 2 N–H and O–H groups in total. The lowest BCUT2D eigenvalue weighted by molar-refractivity contribution is 0.139. The molecule has 41 heavy (non-hydrogen) atoms. The number of rotatable bonds is 8. The molecule has 2 aromatic heterocycles. The Morgan fingerprint density at radius 3 is 2.56 bits per heavy atom. The molecule has 1 aliphatic rings. The van der Waals surface area contributed by atoms with Gasteiger partial charge < -0.3 is 10.2 Å². The number of halogens is 2. The van der Waals surface area contributed by atoms with E-state index < -0.39 is 16.2 Å². The van der Waals surface area contributed by atoms with Crippen LogP contribution in [-0.2, 0) is 16.4 Å². The van der Waals surface area contributed by atoms with Crippen LogP contribution in [0.1, 0.15) is 37.4 Å². The van der Waals surface area contributed by atoms with E-state index in [-0.39, 0.29) is 27.8 Å². The van der Waals surface area contributed by atoms with E-state index in [1.807, 2.05) is 33.2 Å². The van der Waals surface area contributed by atoms with Gasteiger partial charge in [-0.3, -0.25) is 4.72 Å². The van der Waals surface area contributed by atoms with Gasteiger partial charge in [0.15, 0.2) is 0 Å². The average Bonchev–Trinajstić information content (AvgIpc) is 2.93. The van der Waals surface area contributed by atoms with Crippen molar-refractivity contribution < 1.29 is 12.8 Å². The summed E-state index contributed by atoms with van der Waals surface area (Å²) in [5, 5.41) is 4.24. The van der Waals surface area contributed by atoms with Crippen LogP contribution in [0.5, 0.6) is 0 Å². The molecule has 5 rings (SSSR count). The van der Waals surface area contributed by atoms with E-state index in [2.05, 4.69) is 37.9 Å². The molecule has 1 saturated carbocycles. The van der Waals surface area contributed by atoms with Crippen molar-refractivity contribution in [2.45, 2.75) is 62.7 Å². The van der Waals surface area contributed by atoms with Gasteiger partial charge in [-0.05, 0) is 94.2 Å². The zero-order valence-corrected chi connectivity index (χ0v) is 25.1. The van der Waals surface area contributed by atoms with Crippen molar-refractivity contribution in [2.75, 3.05) is 24.1 Å². The maximum Gasteiger partial charge on any atom is 0.264 e. The number of aromatic nitrogens is 3. The number of hydrogen-bond acceptors (Lipinski definition) is 7. The smallest absolute Gasteiger partial charge is 0.264 e. The predicted octanol–water partition coefficient (Wildman–Crippen LogP) is 6.25. The molecule has 0 radical (unpaired) electrons. The Kier molecular flexibility index (Phi) is 8.45. The molecule has 2 aromatic carbocycles. The van der Waals surface area contributed by atoms with Crippen molar-refractivity contribution in [1.29, 1.82) is 0 Å². The van der Waals surface area contributed by atoms with Crippen molar-refractivity contribution in [1.82, 2.24) is 19.9 Å². The Balaban J connectivity index is 1.38. The summed E-state index contributed by atoms with van der Waals surface area (Å²) in [7, 11) is 0.0923. The Hall–Kier alpha value is -3.34. The Labute approximate surface area is 245 Å². The average molecular weight is 597 g/mol. The second kappa shape index (κ2) is 11.9. The zero-order valence-electron chi connectivity index (χ0n) is 23.5. The number of fused-ring (bicyclic) bond motifs is 1. The first-order valence-corrected chi connectivity index (χ1v) is 15.5. The number of anilines is 2. The van der Waals surface area contributed by atoms with E-state index in [1.165, 1.54) is 12.1 Å². The van der Waals surface area contributed by atoms with Gasteiger partial charge in [-0.2, -0.15) is 0 Å². The molecule has 0 spiro atoms. The van der Waals surface area contributed by atoms with E-state index >= 15 is 0 Å². The highest BCUT2D eigenvalue weighted by Crippen LogP contribution is 2.32. The fourth-order valence-electron chi connectivity index (χ4n) is 5.38. The van der Waals surface area contributed by atoms with Gasteiger partial charge in [0.2, 0.25) is 5.95 Å². The molecule has 0 amide bonds. The second-order valence-corrected chi connectivity index (χ2v) is 12.7. The van der Waals surface area contributed by atoms with Crippen LogP contribution in [0.3, 0.4) is 0 Å². The van der Waals surface area contributed by atoms with Crippen LogP contribution in [0.4, 0.5) is 16.2 Å². The number of pyridine rings is 1. The van der Waals surface area contributed by atoms with Gasteiger partial charge in [0.1, 0.15) is 16.9 Å².